The van der Waals surface area contributed by atoms with Crippen molar-refractivity contribution < 1.29 is 23.6 Å². The van der Waals surface area contributed by atoms with Crippen molar-refractivity contribution in [3.05, 3.63) is 152 Å². The number of benzene rings is 3. The van der Waals surface area contributed by atoms with E-state index in [1.807, 2.05) is 60.0 Å². The molecule has 17 nitrogen and oxygen atoms in total. The maximum atomic E-state index is 15.3. The van der Waals surface area contributed by atoms with Crippen LogP contribution in [-0.4, -0.2) is 83.6 Å². The quantitative estimate of drug-likeness (QED) is 0.155. The van der Waals surface area contributed by atoms with Gasteiger partial charge in [0.25, 0.3) is 5.91 Å². The predicted octanol–water partition coefficient (Wildman–Crippen LogP) is 6.44. The van der Waals surface area contributed by atoms with Crippen LogP contribution in [0.5, 0.6) is 5.88 Å². The molecule has 18 heteroatoms. The molecule has 1 aliphatic heterocycles. The number of hydrogen-bond donors (Lipinski definition) is 2. The molecule has 0 atom stereocenters. The predicted molar refractivity (Wildman–Crippen MR) is 246 cm³/mol. The lowest BCUT2D eigenvalue weighted by Gasteiger charge is -2.28. The van der Waals surface area contributed by atoms with Gasteiger partial charge in [-0.1, -0.05) is 11.2 Å². The first kappa shape index (κ1) is 41.8. The van der Waals surface area contributed by atoms with Crippen molar-refractivity contribution in [2.24, 2.45) is 0 Å². The number of halogens is 1. The molecule has 6 aromatic heterocycles. The number of H-pyrrole nitrogens is 1. The number of methoxy groups -OCH3 is 1. The summed E-state index contributed by atoms with van der Waals surface area (Å²) in [6, 6.07) is 18.8. The molecule has 9 aromatic rings. The Morgan fingerprint density at radius 3 is 2.43 bits per heavy atom. The Kier molecular flexibility index (Phi) is 9.42. The summed E-state index contributed by atoms with van der Waals surface area (Å²) in [4.78, 5) is 51.2. The summed E-state index contributed by atoms with van der Waals surface area (Å²) in [6.45, 7) is 9.47. The van der Waals surface area contributed by atoms with Gasteiger partial charge in [-0.05, 0) is 124 Å². The first-order valence-corrected chi connectivity index (χ1v) is 22.0. The summed E-state index contributed by atoms with van der Waals surface area (Å²) >= 11 is 0. The Balaban J connectivity index is 1.02. The number of amides is 1. The van der Waals surface area contributed by atoms with Crippen LogP contribution in [0, 0.1) is 26.6 Å². The van der Waals surface area contributed by atoms with E-state index in [0.29, 0.717) is 82.8 Å². The summed E-state index contributed by atoms with van der Waals surface area (Å²) in [5.74, 6) is -0.00112. The topological polar surface area (TPSA) is 189 Å². The molecule has 2 aliphatic rings. The number of nitrogens with one attached hydrogen (secondary N) is 1. The number of aromatic amines is 1. The molecule has 0 spiro atoms. The maximum Gasteiger partial charge on any atom is 0.438 e. The number of ether oxygens (including phenoxy) is 1. The van der Waals surface area contributed by atoms with E-state index in [1.54, 1.807) is 86.0 Å². The molecule has 1 fully saturated rings. The van der Waals surface area contributed by atoms with Crippen LogP contribution in [0.2, 0.25) is 0 Å². The lowest BCUT2D eigenvalue weighted by Crippen LogP contribution is -2.38. The lowest BCUT2D eigenvalue weighted by molar-refractivity contribution is 0.0591. The molecule has 340 valence electrons. The first-order valence-electron chi connectivity index (χ1n) is 22.0. The summed E-state index contributed by atoms with van der Waals surface area (Å²) in [6.07, 6.45) is 8.34. The van der Waals surface area contributed by atoms with Gasteiger partial charge >= 0.3 is 11.4 Å². The molecule has 1 saturated carbocycles. The number of aliphatic hydroxyl groups is 1. The Bertz CT molecular complexity index is 3590. The normalized spacial score (nSPS) is 14.6. The molecular formula is C49H46FN11O6. The third kappa shape index (κ3) is 6.80. The highest BCUT2D eigenvalue weighted by Gasteiger charge is 2.52. The third-order valence-corrected chi connectivity index (χ3v) is 13.1. The molecule has 0 bridgehead atoms. The van der Waals surface area contributed by atoms with Gasteiger partial charge in [-0.3, -0.25) is 28.1 Å². The van der Waals surface area contributed by atoms with Crippen LogP contribution in [0.15, 0.2) is 99.6 Å². The standard InChI is InChI=1S/C49H46FN11O6/c1-27-19-34(20-28(2)41(27)50)61-43(58-18-17-57(47(58)64)33-8-10-38-32(22-33)24-52-59(38)26-48(4,5)65)36-25-56(16-12-37(36)54-61)44(62)40-23-31-21-30(35-11-15-51-42(66-6)29(35)3)7-9-39(31)60(40)49(13-14-49)45-53-46(63)67-55-45/h7-11,15,17-24,65H,12-14,16,25-26H2,1-6H3,(H,53,55,63). The van der Waals surface area contributed by atoms with Crippen molar-refractivity contribution in [3.8, 4) is 34.2 Å². The van der Waals surface area contributed by atoms with E-state index in [9.17, 15) is 14.7 Å². The van der Waals surface area contributed by atoms with E-state index < -0.39 is 16.9 Å². The molecule has 0 saturated heterocycles. The number of fused-ring (bicyclic) bond motifs is 3. The zero-order valence-electron chi connectivity index (χ0n) is 37.7. The van der Waals surface area contributed by atoms with Crippen LogP contribution in [0.3, 0.4) is 0 Å². The molecule has 1 aliphatic carbocycles. The van der Waals surface area contributed by atoms with Crippen LogP contribution in [-0.2, 0) is 25.0 Å². The highest BCUT2D eigenvalue weighted by atomic mass is 19.1. The Morgan fingerprint density at radius 2 is 1.72 bits per heavy atom. The minimum atomic E-state index is -0.980. The average Bonchev–Trinajstić information content (AvgIpc) is 3.76. The van der Waals surface area contributed by atoms with Gasteiger partial charge in [0.1, 0.15) is 22.9 Å². The number of imidazole rings is 1. The number of pyridine rings is 1. The van der Waals surface area contributed by atoms with Gasteiger partial charge in [0.05, 0.1) is 54.6 Å². The third-order valence-electron chi connectivity index (χ3n) is 13.1. The number of rotatable bonds is 10. The van der Waals surface area contributed by atoms with E-state index in [4.69, 9.17) is 14.4 Å². The van der Waals surface area contributed by atoms with E-state index >= 15 is 9.18 Å². The van der Waals surface area contributed by atoms with Crippen LogP contribution >= 0.6 is 0 Å². The number of hydrogen-bond acceptors (Lipinski definition) is 10. The number of carbonyl (C=O) groups excluding carboxylic acids is 1. The molecule has 7 heterocycles. The molecule has 2 N–H and O–H groups in total. The summed E-state index contributed by atoms with van der Waals surface area (Å²) in [5.41, 5.74) is 5.85. The van der Waals surface area contributed by atoms with E-state index in [1.165, 1.54) is 9.13 Å². The van der Waals surface area contributed by atoms with Crippen LogP contribution in [0.4, 0.5) is 4.39 Å². The average molecular weight is 904 g/mol. The van der Waals surface area contributed by atoms with Crippen LogP contribution in [0.25, 0.3) is 50.1 Å². The molecular weight excluding hydrogens is 858 g/mol. The first-order chi connectivity index (χ1) is 32.1. The van der Waals surface area contributed by atoms with Crippen molar-refractivity contribution in [3.63, 3.8) is 0 Å². The van der Waals surface area contributed by atoms with E-state index in [0.717, 1.165) is 38.5 Å². The van der Waals surface area contributed by atoms with Crippen LogP contribution in [0.1, 0.15) is 70.9 Å². The second-order valence-corrected chi connectivity index (χ2v) is 18.3. The van der Waals surface area contributed by atoms with Gasteiger partial charge in [0.15, 0.2) is 5.82 Å². The molecule has 0 radical (unpaired) electrons. The summed E-state index contributed by atoms with van der Waals surface area (Å²) < 4.78 is 34.0. The van der Waals surface area contributed by atoms with Crippen molar-refractivity contribution in [2.45, 2.75) is 78.1 Å². The second kappa shape index (κ2) is 15.1. The Labute approximate surface area is 381 Å². The largest absolute Gasteiger partial charge is 0.481 e. The van der Waals surface area contributed by atoms with E-state index in [-0.39, 0.29) is 30.5 Å². The van der Waals surface area contributed by atoms with Gasteiger partial charge < -0.3 is 19.3 Å². The van der Waals surface area contributed by atoms with E-state index in [2.05, 4.69) is 20.2 Å². The van der Waals surface area contributed by atoms with Crippen LogP contribution < -0.4 is 16.2 Å². The molecule has 1 amide bonds. The number of aryl methyl sites for hydroxylation is 2. The van der Waals surface area contributed by atoms with Crippen molar-refractivity contribution in [1.29, 1.82) is 0 Å². The van der Waals surface area contributed by atoms with Crippen molar-refractivity contribution >= 4 is 27.7 Å². The second-order valence-electron chi connectivity index (χ2n) is 18.3. The SMILES string of the molecule is COc1nccc(-c2ccc3c(c2)cc(C(=O)N2CCc4nn(-c5cc(C)c(F)c(C)c5)c(-n5ccn(-c6ccc7c(cnn7CC(C)(C)O)c6)c5=O)c4C2)n3C2(c3noc(=O)[nH]3)CC2)c1C. The smallest absolute Gasteiger partial charge is 0.438 e. The highest BCUT2D eigenvalue weighted by Crippen LogP contribution is 2.51. The van der Waals surface area contributed by atoms with Gasteiger partial charge in [0, 0.05) is 59.0 Å². The molecule has 3 aromatic carbocycles. The fraction of sp³-hybridized carbons (Fsp3) is 0.286. The van der Waals surface area contributed by atoms with Gasteiger partial charge in [-0.2, -0.15) is 10.2 Å². The monoisotopic (exact) mass is 903 g/mol. The zero-order valence-corrected chi connectivity index (χ0v) is 37.7. The number of nitrogens with zero attached hydrogens (tertiary/aromatic N) is 10. The van der Waals surface area contributed by atoms with Gasteiger partial charge in [-0.15, -0.1) is 0 Å². The lowest BCUT2D eigenvalue weighted by atomic mass is 10.0. The highest BCUT2D eigenvalue weighted by molar-refractivity contribution is 6.00. The minimum Gasteiger partial charge on any atom is -0.481 e. The van der Waals surface area contributed by atoms with Crippen molar-refractivity contribution in [2.75, 3.05) is 13.7 Å². The molecule has 11 rings (SSSR count). The fourth-order valence-electron chi connectivity index (χ4n) is 9.77. The molecule has 67 heavy (non-hydrogen) atoms. The summed E-state index contributed by atoms with van der Waals surface area (Å²) in [7, 11) is 1.58. The fourth-order valence-corrected chi connectivity index (χ4v) is 9.77. The summed E-state index contributed by atoms with van der Waals surface area (Å²) in [5, 5.41) is 25.7. The van der Waals surface area contributed by atoms with Gasteiger partial charge in [0.2, 0.25) is 5.88 Å². The zero-order chi connectivity index (χ0) is 46.7. The molecule has 0 unspecified atom stereocenters. The Hall–Kier alpha value is -7.86. The minimum absolute atomic E-state index is 0.100. The van der Waals surface area contributed by atoms with Gasteiger partial charge in [-0.25, -0.2) is 23.6 Å². The number of aromatic nitrogens is 10. The maximum absolute atomic E-state index is 15.3. The Morgan fingerprint density at radius 1 is 0.955 bits per heavy atom. The van der Waals surface area contributed by atoms with Crippen molar-refractivity contribution in [1.82, 2.24) is 53.3 Å². The number of carbonyl (C=O) groups is 1.